The van der Waals surface area contributed by atoms with E-state index in [9.17, 15) is 9.18 Å². The maximum Gasteiger partial charge on any atom is 0.256 e. The first-order valence-corrected chi connectivity index (χ1v) is 9.19. The monoisotopic (exact) mass is 423 g/mol. The molecule has 5 heteroatoms. The topological polar surface area (TPSA) is 38.3 Å². The van der Waals surface area contributed by atoms with Gasteiger partial charge in [0.25, 0.3) is 5.91 Å². The number of halogens is 2. The van der Waals surface area contributed by atoms with Crippen LogP contribution in [0.15, 0.2) is 71.2 Å². The highest BCUT2D eigenvalue weighted by molar-refractivity contribution is 9.10. The number of anilines is 1. The largest absolute Gasteiger partial charge is 0.488 e. The molecule has 0 saturated carbocycles. The number of rotatable bonds is 4. The summed E-state index contributed by atoms with van der Waals surface area (Å²) in [7, 11) is 0. The lowest BCUT2D eigenvalue weighted by atomic mass is 10.0. The van der Waals surface area contributed by atoms with Crippen molar-refractivity contribution in [1.82, 2.24) is 0 Å². The molecule has 1 amide bonds. The van der Waals surface area contributed by atoms with Crippen molar-refractivity contribution < 1.29 is 13.9 Å². The van der Waals surface area contributed by atoms with Crippen molar-refractivity contribution in [3.63, 3.8) is 0 Å². The highest BCUT2D eigenvalue weighted by Crippen LogP contribution is 2.35. The van der Waals surface area contributed by atoms with E-state index in [1.165, 1.54) is 12.1 Å². The smallest absolute Gasteiger partial charge is 0.256 e. The third kappa shape index (κ3) is 3.78. The van der Waals surface area contributed by atoms with E-state index in [1.54, 1.807) is 12.1 Å². The zero-order valence-corrected chi connectivity index (χ0v) is 15.8. The van der Waals surface area contributed by atoms with E-state index in [0.29, 0.717) is 11.3 Å². The Bertz CT molecular complexity index is 1060. The molecule has 134 valence electrons. The summed E-state index contributed by atoms with van der Waals surface area (Å²) in [6.45, 7) is 0.234. The Morgan fingerprint density at radius 2 is 1.89 bits per heavy atom. The number of hydrogen-bond acceptors (Lipinski definition) is 2. The molecular weight excluding hydrogens is 409 g/mol. The highest BCUT2D eigenvalue weighted by atomic mass is 79.9. The zero-order chi connectivity index (χ0) is 18.8. The molecule has 0 aromatic heterocycles. The zero-order valence-electron chi connectivity index (χ0n) is 14.2. The molecule has 0 fully saturated rings. The van der Waals surface area contributed by atoms with E-state index in [-0.39, 0.29) is 18.3 Å². The van der Waals surface area contributed by atoms with Gasteiger partial charge in [0.2, 0.25) is 0 Å². The molecule has 3 aromatic rings. The van der Waals surface area contributed by atoms with Gasteiger partial charge in [0, 0.05) is 26.9 Å². The minimum Gasteiger partial charge on any atom is -0.488 e. The van der Waals surface area contributed by atoms with Crippen LogP contribution < -0.4 is 10.1 Å². The average Bonchev–Trinajstić information content (AvgIpc) is 2.97. The molecule has 3 nitrogen and oxygen atoms in total. The average molecular weight is 424 g/mol. The first kappa shape index (κ1) is 17.5. The number of benzene rings is 3. The van der Waals surface area contributed by atoms with Crippen LogP contribution in [-0.4, -0.2) is 5.91 Å². The number of para-hydroxylation sites is 1. The van der Waals surface area contributed by atoms with Crippen molar-refractivity contribution in [2.45, 2.75) is 6.61 Å². The van der Waals surface area contributed by atoms with E-state index in [0.717, 1.165) is 26.9 Å². The van der Waals surface area contributed by atoms with Gasteiger partial charge in [-0.2, -0.15) is 0 Å². The van der Waals surface area contributed by atoms with E-state index in [1.807, 2.05) is 48.5 Å². The second-order valence-electron chi connectivity index (χ2n) is 6.16. The number of carbonyl (C=O) groups excluding carboxylic acids is 1. The van der Waals surface area contributed by atoms with Crippen molar-refractivity contribution in [1.29, 1.82) is 0 Å². The predicted molar refractivity (Wildman–Crippen MR) is 108 cm³/mol. The van der Waals surface area contributed by atoms with Crippen LogP contribution in [0.25, 0.3) is 11.6 Å². The van der Waals surface area contributed by atoms with E-state index < -0.39 is 0 Å². The number of amides is 1. The van der Waals surface area contributed by atoms with Crippen molar-refractivity contribution in [2.75, 3.05) is 5.32 Å². The maximum absolute atomic E-state index is 13.4. The number of hydrogen-bond donors (Lipinski definition) is 1. The first-order valence-electron chi connectivity index (χ1n) is 8.39. The van der Waals surface area contributed by atoms with Crippen LogP contribution in [0.1, 0.15) is 16.7 Å². The Balaban J connectivity index is 1.67. The summed E-state index contributed by atoms with van der Waals surface area (Å²) in [4.78, 5) is 12.4. The second kappa shape index (κ2) is 7.37. The molecule has 0 saturated heterocycles. The predicted octanol–water partition coefficient (Wildman–Crippen LogP) is 5.66. The Labute approximate surface area is 164 Å². The number of fused-ring (bicyclic) bond motifs is 1. The highest BCUT2D eigenvalue weighted by Gasteiger charge is 2.23. The molecule has 0 atom stereocenters. The molecule has 0 aliphatic carbocycles. The van der Waals surface area contributed by atoms with Crippen LogP contribution >= 0.6 is 15.9 Å². The molecule has 0 unspecified atom stereocenters. The Kier molecular flexibility index (Phi) is 4.77. The standard InChI is InChI=1S/C22H15BrFNO2/c23-16-8-9-21(27-13-14-4-3-5-17(24)10-14)15(11-16)12-19-18-6-1-2-7-20(18)25-22(19)26/h1-12H,13H2,(H,25,26)/b19-12-. The quantitative estimate of drug-likeness (QED) is 0.549. The van der Waals surface area contributed by atoms with Gasteiger partial charge in [0.05, 0.1) is 0 Å². The molecule has 1 aliphatic heterocycles. The van der Waals surface area contributed by atoms with Crippen LogP contribution in [0.5, 0.6) is 5.75 Å². The minimum atomic E-state index is -0.298. The fourth-order valence-corrected chi connectivity index (χ4v) is 3.37. The fourth-order valence-electron chi connectivity index (χ4n) is 2.99. The molecule has 1 aliphatic rings. The normalized spacial score (nSPS) is 14.1. The Morgan fingerprint density at radius 1 is 1.04 bits per heavy atom. The second-order valence-corrected chi connectivity index (χ2v) is 7.07. The van der Waals surface area contributed by atoms with Crippen molar-refractivity contribution >= 4 is 39.2 Å². The summed E-state index contributed by atoms with van der Waals surface area (Å²) < 4.78 is 20.1. The van der Waals surface area contributed by atoms with Gasteiger partial charge in [0.1, 0.15) is 18.2 Å². The van der Waals surface area contributed by atoms with Crippen LogP contribution in [-0.2, 0) is 11.4 Å². The maximum atomic E-state index is 13.4. The molecule has 4 rings (SSSR count). The molecule has 1 N–H and O–H groups in total. The summed E-state index contributed by atoms with van der Waals surface area (Å²) in [6.07, 6.45) is 1.81. The van der Waals surface area contributed by atoms with E-state index in [2.05, 4.69) is 21.2 Å². The number of carbonyl (C=O) groups is 1. The van der Waals surface area contributed by atoms with E-state index >= 15 is 0 Å². The van der Waals surface area contributed by atoms with Gasteiger partial charge in [-0.15, -0.1) is 0 Å². The lowest BCUT2D eigenvalue weighted by Gasteiger charge is -2.11. The summed E-state index contributed by atoms with van der Waals surface area (Å²) in [5.74, 6) is 0.174. The van der Waals surface area contributed by atoms with Crippen LogP contribution in [0, 0.1) is 5.82 Å². The lowest BCUT2D eigenvalue weighted by molar-refractivity contribution is -0.110. The van der Waals surface area contributed by atoms with Crippen molar-refractivity contribution in [3.8, 4) is 5.75 Å². The Hall–Kier alpha value is -2.92. The fraction of sp³-hybridized carbons (Fsp3) is 0.0455. The molecular formula is C22H15BrFNO2. The van der Waals surface area contributed by atoms with E-state index in [4.69, 9.17) is 4.74 Å². The van der Waals surface area contributed by atoms with Crippen molar-refractivity contribution in [3.05, 3.63) is 93.7 Å². The molecule has 1 heterocycles. The summed E-state index contributed by atoms with van der Waals surface area (Å²) in [5, 5.41) is 2.86. The molecule has 0 bridgehead atoms. The van der Waals surface area contributed by atoms with Crippen LogP contribution in [0.2, 0.25) is 0 Å². The van der Waals surface area contributed by atoms with Gasteiger partial charge in [-0.05, 0) is 48.0 Å². The minimum absolute atomic E-state index is 0.146. The van der Waals surface area contributed by atoms with Gasteiger partial charge in [-0.1, -0.05) is 46.3 Å². The van der Waals surface area contributed by atoms with Crippen molar-refractivity contribution in [2.24, 2.45) is 0 Å². The Morgan fingerprint density at radius 3 is 2.74 bits per heavy atom. The lowest BCUT2D eigenvalue weighted by Crippen LogP contribution is -2.04. The SMILES string of the molecule is O=C1Nc2ccccc2/C1=C/c1cc(Br)ccc1OCc1cccc(F)c1. The third-order valence-electron chi connectivity index (χ3n) is 4.27. The van der Waals surface area contributed by atoms with Crippen LogP contribution in [0.4, 0.5) is 10.1 Å². The molecule has 0 radical (unpaired) electrons. The first-order chi connectivity index (χ1) is 13.1. The number of nitrogens with one attached hydrogen (secondary N) is 1. The van der Waals surface area contributed by atoms with Gasteiger partial charge < -0.3 is 10.1 Å². The third-order valence-corrected chi connectivity index (χ3v) is 4.76. The van der Waals surface area contributed by atoms with Crippen LogP contribution in [0.3, 0.4) is 0 Å². The summed E-state index contributed by atoms with van der Waals surface area (Å²) in [5.41, 5.74) is 3.74. The molecule has 27 heavy (non-hydrogen) atoms. The summed E-state index contributed by atoms with van der Waals surface area (Å²) in [6, 6.07) is 19.4. The number of ether oxygens (including phenoxy) is 1. The van der Waals surface area contributed by atoms with Gasteiger partial charge in [-0.25, -0.2) is 4.39 Å². The molecule has 0 spiro atoms. The molecule has 3 aromatic carbocycles. The van der Waals surface area contributed by atoms with Gasteiger partial charge in [-0.3, -0.25) is 4.79 Å². The van der Waals surface area contributed by atoms with Gasteiger partial charge in [0.15, 0.2) is 0 Å². The summed E-state index contributed by atoms with van der Waals surface area (Å²) >= 11 is 3.46. The van der Waals surface area contributed by atoms with Gasteiger partial charge >= 0.3 is 0 Å².